The van der Waals surface area contributed by atoms with Gasteiger partial charge in [-0.15, -0.1) is 0 Å². The van der Waals surface area contributed by atoms with Gasteiger partial charge in [0.25, 0.3) is 0 Å². The number of benzene rings is 4. The van der Waals surface area contributed by atoms with E-state index in [9.17, 15) is 0 Å². The van der Waals surface area contributed by atoms with Crippen molar-refractivity contribution in [2.75, 3.05) is 0 Å². The van der Waals surface area contributed by atoms with Gasteiger partial charge in [0, 0.05) is 21.9 Å². The highest BCUT2D eigenvalue weighted by Crippen LogP contribution is 2.39. The molecule has 5 aromatic rings. The van der Waals surface area contributed by atoms with Gasteiger partial charge in [0.1, 0.15) is 11.2 Å². The van der Waals surface area contributed by atoms with Gasteiger partial charge in [-0.2, -0.15) is 0 Å². The third-order valence-electron chi connectivity index (χ3n) is 5.67. The maximum absolute atomic E-state index is 6.52. The van der Waals surface area contributed by atoms with E-state index in [1.54, 1.807) is 0 Å². The molecule has 0 saturated heterocycles. The largest absolute Gasteiger partial charge is 0.455 e. The van der Waals surface area contributed by atoms with E-state index in [-0.39, 0.29) is 5.41 Å². The first-order valence-corrected chi connectivity index (χ1v) is 10.1. The molecule has 0 atom stereocenters. The van der Waals surface area contributed by atoms with E-state index in [0.29, 0.717) is 0 Å². The summed E-state index contributed by atoms with van der Waals surface area (Å²) in [5.41, 5.74) is 8.02. The molecule has 1 nitrogen and oxygen atoms in total. The summed E-state index contributed by atoms with van der Waals surface area (Å²) in [5.74, 6) is 0. The zero-order chi connectivity index (χ0) is 20.0. The highest BCUT2D eigenvalue weighted by molar-refractivity contribution is 6.12. The minimum Gasteiger partial charge on any atom is -0.455 e. The zero-order valence-electron chi connectivity index (χ0n) is 17.1. The molecule has 0 spiro atoms. The van der Waals surface area contributed by atoms with Gasteiger partial charge in [-0.3, -0.25) is 0 Å². The summed E-state index contributed by atoms with van der Waals surface area (Å²) in [4.78, 5) is 0. The third-order valence-corrected chi connectivity index (χ3v) is 5.67. The quantitative estimate of drug-likeness (QED) is 0.302. The summed E-state index contributed by atoms with van der Waals surface area (Å²) in [6.07, 6.45) is 0. The van der Waals surface area contributed by atoms with Gasteiger partial charge in [0.05, 0.1) is 0 Å². The van der Waals surface area contributed by atoms with Crippen molar-refractivity contribution in [2.24, 2.45) is 0 Å². The molecule has 0 bridgehead atoms. The molecule has 142 valence electrons. The molecule has 0 fully saturated rings. The van der Waals surface area contributed by atoms with Crippen LogP contribution < -0.4 is 0 Å². The number of fused-ring (bicyclic) bond motifs is 3. The molecule has 0 N–H and O–H groups in total. The van der Waals surface area contributed by atoms with Gasteiger partial charge in [-0.05, 0) is 22.1 Å². The lowest BCUT2D eigenvalue weighted by Gasteiger charge is -2.19. The van der Waals surface area contributed by atoms with E-state index < -0.39 is 0 Å². The SMILES string of the molecule is CC(C)(C)c1ccc(-c2cccc3c2oc2c(-c4ccccc4)cccc23)cc1. The predicted octanol–water partition coefficient (Wildman–Crippen LogP) is 8.22. The van der Waals surface area contributed by atoms with Crippen molar-refractivity contribution in [1.29, 1.82) is 0 Å². The molecular formula is C28H24O. The Kier molecular flexibility index (Phi) is 4.06. The summed E-state index contributed by atoms with van der Waals surface area (Å²) in [6.45, 7) is 6.73. The molecule has 0 aliphatic carbocycles. The Morgan fingerprint density at radius 3 is 1.55 bits per heavy atom. The van der Waals surface area contributed by atoms with Crippen LogP contribution >= 0.6 is 0 Å². The average molecular weight is 376 g/mol. The lowest BCUT2D eigenvalue weighted by Crippen LogP contribution is -2.10. The molecule has 29 heavy (non-hydrogen) atoms. The predicted molar refractivity (Wildman–Crippen MR) is 123 cm³/mol. The number of furan rings is 1. The van der Waals surface area contributed by atoms with E-state index in [2.05, 4.69) is 106 Å². The molecule has 0 saturated carbocycles. The van der Waals surface area contributed by atoms with Gasteiger partial charge in [0.2, 0.25) is 0 Å². The minimum atomic E-state index is 0.147. The highest BCUT2D eigenvalue weighted by Gasteiger charge is 2.17. The summed E-state index contributed by atoms with van der Waals surface area (Å²) >= 11 is 0. The first-order valence-electron chi connectivity index (χ1n) is 10.1. The molecule has 0 unspecified atom stereocenters. The molecule has 5 rings (SSSR count). The van der Waals surface area contributed by atoms with Crippen LogP contribution in [0.4, 0.5) is 0 Å². The maximum Gasteiger partial charge on any atom is 0.143 e. The summed E-state index contributed by atoms with van der Waals surface area (Å²) in [6, 6.07) is 32.2. The fourth-order valence-electron chi connectivity index (χ4n) is 4.04. The minimum absolute atomic E-state index is 0.147. The first kappa shape index (κ1) is 17.8. The van der Waals surface area contributed by atoms with Crippen LogP contribution in [0, 0.1) is 0 Å². The summed E-state index contributed by atoms with van der Waals surface area (Å²) in [7, 11) is 0. The van der Waals surface area contributed by atoms with Gasteiger partial charge in [-0.25, -0.2) is 0 Å². The molecule has 1 heteroatoms. The molecule has 0 aliphatic heterocycles. The summed E-state index contributed by atoms with van der Waals surface area (Å²) in [5, 5.41) is 2.32. The smallest absolute Gasteiger partial charge is 0.143 e. The Hall–Kier alpha value is -3.32. The summed E-state index contributed by atoms with van der Waals surface area (Å²) < 4.78 is 6.52. The van der Waals surface area contributed by atoms with Crippen LogP contribution in [0.5, 0.6) is 0 Å². The van der Waals surface area contributed by atoms with Crippen molar-refractivity contribution < 1.29 is 4.42 Å². The average Bonchev–Trinajstić information content (AvgIpc) is 3.13. The topological polar surface area (TPSA) is 13.1 Å². The van der Waals surface area contributed by atoms with E-state index >= 15 is 0 Å². The van der Waals surface area contributed by atoms with Crippen LogP contribution in [-0.2, 0) is 5.41 Å². The van der Waals surface area contributed by atoms with Crippen molar-refractivity contribution in [1.82, 2.24) is 0 Å². The fourth-order valence-corrected chi connectivity index (χ4v) is 4.04. The van der Waals surface area contributed by atoms with Crippen LogP contribution in [-0.4, -0.2) is 0 Å². The fraction of sp³-hybridized carbons (Fsp3) is 0.143. The number of hydrogen-bond donors (Lipinski definition) is 0. The van der Waals surface area contributed by atoms with Crippen LogP contribution in [0.1, 0.15) is 26.3 Å². The van der Waals surface area contributed by atoms with Crippen LogP contribution in [0.25, 0.3) is 44.2 Å². The second-order valence-corrected chi connectivity index (χ2v) is 8.66. The molecule has 1 heterocycles. The normalized spacial score (nSPS) is 12.0. The van der Waals surface area contributed by atoms with Crippen LogP contribution in [0.2, 0.25) is 0 Å². The monoisotopic (exact) mass is 376 g/mol. The molecule has 1 aromatic heterocycles. The first-order chi connectivity index (χ1) is 14.0. The van der Waals surface area contributed by atoms with Crippen molar-refractivity contribution >= 4 is 21.9 Å². The Balaban J connectivity index is 1.73. The second-order valence-electron chi connectivity index (χ2n) is 8.66. The van der Waals surface area contributed by atoms with Crippen molar-refractivity contribution in [3.05, 3.63) is 96.6 Å². The van der Waals surface area contributed by atoms with Crippen molar-refractivity contribution in [3.63, 3.8) is 0 Å². The number of rotatable bonds is 2. The zero-order valence-corrected chi connectivity index (χ0v) is 17.1. The van der Waals surface area contributed by atoms with E-state index in [1.807, 2.05) is 6.07 Å². The Bertz CT molecular complexity index is 1300. The van der Waals surface area contributed by atoms with Gasteiger partial charge in [0.15, 0.2) is 0 Å². The highest BCUT2D eigenvalue weighted by atomic mass is 16.3. The number of hydrogen-bond acceptors (Lipinski definition) is 1. The molecule has 0 aliphatic rings. The molecule has 4 aromatic carbocycles. The molecular weight excluding hydrogens is 352 g/mol. The van der Waals surface area contributed by atoms with Crippen LogP contribution in [0.15, 0.2) is 95.4 Å². The molecule has 0 radical (unpaired) electrons. The van der Waals surface area contributed by atoms with E-state index in [4.69, 9.17) is 4.42 Å². The van der Waals surface area contributed by atoms with Crippen molar-refractivity contribution in [2.45, 2.75) is 26.2 Å². The number of para-hydroxylation sites is 2. The molecule has 0 amide bonds. The Labute approximate surface area is 171 Å². The third kappa shape index (κ3) is 3.03. The second kappa shape index (κ2) is 6.63. The van der Waals surface area contributed by atoms with E-state index in [1.165, 1.54) is 16.7 Å². The van der Waals surface area contributed by atoms with Gasteiger partial charge >= 0.3 is 0 Å². The van der Waals surface area contributed by atoms with Crippen LogP contribution in [0.3, 0.4) is 0 Å². The van der Waals surface area contributed by atoms with E-state index in [0.717, 1.165) is 33.1 Å². The Morgan fingerprint density at radius 2 is 1.03 bits per heavy atom. The lowest BCUT2D eigenvalue weighted by molar-refractivity contribution is 0.590. The van der Waals surface area contributed by atoms with Gasteiger partial charge < -0.3 is 4.42 Å². The lowest BCUT2D eigenvalue weighted by atomic mass is 9.86. The van der Waals surface area contributed by atoms with Gasteiger partial charge in [-0.1, -0.05) is 112 Å². The van der Waals surface area contributed by atoms with Crippen molar-refractivity contribution in [3.8, 4) is 22.3 Å². The maximum atomic E-state index is 6.52. The Morgan fingerprint density at radius 1 is 0.517 bits per heavy atom. The standard InChI is InChI=1S/C28H24O/c1-28(2,3)21-17-15-20(16-18-21)23-12-8-14-25-24-13-7-11-22(26(24)29-27(23)25)19-9-5-4-6-10-19/h4-18H,1-3H3.